The number of carbonyl (C=O) groups is 2. The molecule has 2 amide bonds. The SMILES string of the molecule is C[C@@H](Oc1nc(-c2ccc(N3CCN(CC(F)F)CC3)cc2)cc2ncn(C)c12)[C@H]1CNC(=O)C1.C[C@@H](Oc1nc(-c2ccc(N3CCNCC3)cc2)cc2ncn(C)c12)[C@H]1CNC(=O)C1. The minimum Gasteiger partial charge on any atom is -0.473 e. The van der Waals surface area contributed by atoms with E-state index in [2.05, 4.69) is 60.0 Å². The summed E-state index contributed by atoms with van der Waals surface area (Å²) in [4.78, 5) is 48.4. The van der Waals surface area contributed by atoms with Gasteiger partial charge in [0.25, 0.3) is 6.43 Å². The van der Waals surface area contributed by atoms with Crippen LogP contribution in [0.2, 0.25) is 0 Å². The molecule has 10 rings (SSSR count). The molecule has 4 aliphatic rings. The first-order chi connectivity index (χ1) is 31.9. The Kier molecular flexibility index (Phi) is 13.3. The van der Waals surface area contributed by atoms with Crippen molar-refractivity contribution in [2.24, 2.45) is 25.9 Å². The second-order valence-electron chi connectivity index (χ2n) is 17.8. The quantitative estimate of drug-likeness (QED) is 0.153. The van der Waals surface area contributed by atoms with Gasteiger partial charge in [-0.25, -0.2) is 28.7 Å². The van der Waals surface area contributed by atoms with Crippen molar-refractivity contribution in [2.45, 2.75) is 45.3 Å². The molecule has 66 heavy (non-hydrogen) atoms. The maximum absolute atomic E-state index is 12.6. The number of amides is 2. The molecule has 16 nitrogen and oxygen atoms in total. The van der Waals surface area contributed by atoms with Gasteiger partial charge in [0.2, 0.25) is 23.6 Å². The molecule has 3 N–H and O–H groups in total. The van der Waals surface area contributed by atoms with Crippen molar-refractivity contribution in [1.29, 1.82) is 0 Å². The zero-order valence-corrected chi connectivity index (χ0v) is 37.9. The first-order valence-corrected chi connectivity index (χ1v) is 22.9. The van der Waals surface area contributed by atoms with Gasteiger partial charge in [0.15, 0.2) is 0 Å². The molecule has 4 aromatic heterocycles. The average molecular weight is 905 g/mol. The molecule has 0 unspecified atom stereocenters. The van der Waals surface area contributed by atoms with Crippen LogP contribution in [0.25, 0.3) is 44.6 Å². The smallest absolute Gasteiger partial charge is 0.251 e. The maximum Gasteiger partial charge on any atom is 0.251 e. The largest absolute Gasteiger partial charge is 0.473 e. The van der Waals surface area contributed by atoms with Crippen LogP contribution in [0.5, 0.6) is 11.8 Å². The standard InChI is InChI=1S/C25H30F2N6O2.C23H28N6O2/c1-16(18-11-23(34)28-13-18)35-25-24-21(29-15-31(24)2)12-20(30-25)17-3-5-19(6-4-17)33-9-7-32(8-10-33)14-22(26)27;1-15(17-11-21(30)25-13-17)31-23-22-20(26-14-28(22)2)12-19(27-23)16-3-5-18(6-4-16)29-9-7-24-8-10-29/h3-6,12,15-16,18,22H,7-11,13-14H2,1-2H3,(H,28,34);3-6,12,14-15,17,24H,7-11,13H2,1-2H3,(H,25,30)/t16-,18-;15-,17-/m11/s1. The monoisotopic (exact) mass is 904 g/mol. The van der Waals surface area contributed by atoms with Gasteiger partial charge in [0, 0.05) is 127 Å². The third-order valence-corrected chi connectivity index (χ3v) is 13.2. The molecule has 6 aromatic rings. The summed E-state index contributed by atoms with van der Waals surface area (Å²) in [6, 6.07) is 20.6. The molecule has 4 aliphatic heterocycles. The van der Waals surface area contributed by atoms with Crippen molar-refractivity contribution in [1.82, 2.24) is 49.9 Å². The highest BCUT2D eigenvalue weighted by molar-refractivity contribution is 5.86. The molecule has 0 radical (unpaired) electrons. The van der Waals surface area contributed by atoms with E-state index >= 15 is 0 Å². The molecular formula is C48H58F2N12O4. The van der Waals surface area contributed by atoms with E-state index in [1.807, 2.05) is 78.4 Å². The number of pyridine rings is 2. The third-order valence-electron chi connectivity index (χ3n) is 13.2. The van der Waals surface area contributed by atoms with Crippen LogP contribution in [0.1, 0.15) is 26.7 Å². The molecule has 2 aromatic carbocycles. The van der Waals surface area contributed by atoms with Crippen molar-refractivity contribution in [3.05, 3.63) is 73.3 Å². The Balaban J connectivity index is 0.000000167. The van der Waals surface area contributed by atoms with Crippen molar-refractivity contribution in [3.63, 3.8) is 0 Å². The Morgan fingerprint density at radius 3 is 1.50 bits per heavy atom. The van der Waals surface area contributed by atoms with Crippen molar-refractivity contribution < 1.29 is 27.8 Å². The molecular weight excluding hydrogens is 847 g/mol. The molecule has 18 heteroatoms. The van der Waals surface area contributed by atoms with Crippen LogP contribution in [0.3, 0.4) is 0 Å². The highest BCUT2D eigenvalue weighted by atomic mass is 19.3. The Hall–Kier alpha value is -6.40. The molecule has 0 saturated carbocycles. The van der Waals surface area contributed by atoms with E-state index < -0.39 is 6.43 Å². The molecule has 0 spiro atoms. The lowest BCUT2D eigenvalue weighted by molar-refractivity contribution is -0.120. The van der Waals surface area contributed by atoms with E-state index in [9.17, 15) is 18.4 Å². The Labute approximate surface area is 382 Å². The van der Waals surface area contributed by atoms with Crippen LogP contribution in [-0.4, -0.2) is 136 Å². The summed E-state index contributed by atoms with van der Waals surface area (Å²) in [5.41, 5.74) is 9.17. The van der Waals surface area contributed by atoms with Gasteiger partial charge in [-0.1, -0.05) is 24.3 Å². The van der Waals surface area contributed by atoms with Gasteiger partial charge >= 0.3 is 0 Å². The number of nitrogens with one attached hydrogen (secondary N) is 3. The number of rotatable bonds is 12. The second-order valence-corrected chi connectivity index (χ2v) is 17.8. The number of piperazine rings is 2. The second kappa shape index (κ2) is 19.6. The van der Waals surface area contributed by atoms with Crippen LogP contribution < -0.4 is 35.2 Å². The minimum absolute atomic E-state index is 0.0494. The van der Waals surface area contributed by atoms with E-state index in [1.54, 1.807) is 12.7 Å². The number of carbonyl (C=O) groups excluding carboxylic acids is 2. The number of hydrogen-bond donors (Lipinski definition) is 3. The minimum atomic E-state index is -2.29. The van der Waals surface area contributed by atoms with Gasteiger partial charge in [-0.3, -0.25) is 14.5 Å². The molecule has 0 bridgehead atoms. The summed E-state index contributed by atoms with van der Waals surface area (Å²) in [5.74, 6) is 1.43. The summed E-state index contributed by atoms with van der Waals surface area (Å²) in [5, 5.41) is 9.14. The number of nitrogens with zero attached hydrogens (tertiary/aromatic N) is 9. The number of halogens is 2. The summed E-state index contributed by atoms with van der Waals surface area (Å²) in [7, 11) is 3.85. The fourth-order valence-corrected chi connectivity index (χ4v) is 9.19. The number of aryl methyl sites for hydroxylation is 2. The molecule has 4 fully saturated rings. The zero-order valence-electron chi connectivity index (χ0n) is 37.9. The average Bonchev–Trinajstić information content (AvgIpc) is 4.15. The summed E-state index contributed by atoms with van der Waals surface area (Å²) >= 11 is 0. The van der Waals surface area contributed by atoms with E-state index in [0.717, 1.165) is 89.5 Å². The van der Waals surface area contributed by atoms with E-state index in [1.165, 1.54) is 5.69 Å². The van der Waals surface area contributed by atoms with Crippen LogP contribution in [0.15, 0.2) is 73.3 Å². The number of hydrogen-bond acceptors (Lipinski definition) is 12. The number of ether oxygens (including phenoxy) is 2. The molecule has 4 atom stereocenters. The zero-order chi connectivity index (χ0) is 45.9. The maximum atomic E-state index is 12.6. The summed E-state index contributed by atoms with van der Waals surface area (Å²) in [6.45, 7) is 11.8. The fraction of sp³-hybridized carbons (Fsp3) is 0.458. The normalized spacial score (nSPS) is 20.0. The predicted molar refractivity (Wildman–Crippen MR) is 250 cm³/mol. The van der Waals surface area contributed by atoms with E-state index in [-0.39, 0.29) is 42.4 Å². The lowest BCUT2D eigenvalue weighted by atomic mass is 10.0. The van der Waals surface area contributed by atoms with Gasteiger partial charge < -0.3 is 44.4 Å². The lowest BCUT2D eigenvalue weighted by Crippen LogP contribution is -2.47. The van der Waals surface area contributed by atoms with Crippen molar-refractivity contribution in [3.8, 4) is 34.3 Å². The van der Waals surface area contributed by atoms with Gasteiger partial charge in [-0.15, -0.1) is 0 Å². The summed E-state index contributed by atoms with van der Waals surface area (Å²) in [6.07, 6.45) is 1.86. The van der Waals surface area contributed by atoms with Gasteiger partial charge in [0.05, 0.1) is 41.6 Å². The van der Waals surface area contributed by atoms with Crippen LogP contribution >= 0.6 is 0 Å². The Bertz CT molecular complexity index is 2640. The van der Waals surface area contributed by atoms with E-state index in [4.69, 9.17) is 19.4 Å². The summed E-state index contributed by atoms with van der Waals surface area (Å²) < 4.78 is 41.7. The van der Waals surface area contributed by atoms with Crippen molar-refractivity contribution in [2.75, 3.05) is 81.8 Å². The van der Waals surface area contributed by atoms with Gasteiger partial charge in [-0.2, -0.15) is 0 Å². The number of fused-ring (bicyclic) bond motifs is 2. The van der Waals surface area contributed by atoms with Gasteiger partial charge in [0.1, 0.15) is 23.2 Å². The number of imidazole rings is 2. The number of benzene rings is 2. The highest BCUT2D eigenvalue weighted by Gasteiger charge is 2.31. The lowest BCUT2D eigenvalue weighted by Gasteiger charge is -2.36. The fourth-order valence-electron chi connectivity index (χ4n) is 9.19. The van der Waals surface area contributed by atoms with Crippen LogP contribution in [0.4, 0.5) is 20.2 Å². The predicted octanol–water partition coefficient (Wildman–Crippen LogP) is 4.87. The highest BCUT2D eigenvalue weighted by Crippen LogP contribution is 2.34. The molecule has 8 heterocycles. The topological polar surface area (TPSA) is 160 Å². The third kappa shape index (κ3) is 10.0. The molecule has 4 saturated heterocycles. The number of aromatic nitrogens is 6. The first-order valence-electron chi connectivity index (χ1n) is 22.9. The number of anilines is 2. The first kappa shape index (κ1) is 44.8. The van der Waals surface area contributed by atoms with E-state index in [0.29, 0.717) is 50.8 Å². The van der Waals surface area contributed by atoms with Crippen molar-refractivity contribution >= 4 is 45.3 Å². The molecule has 348 valence electrons. The van der Waals surface area contributed by atoms with Gasteiger partial charge in [-0.05, 0) is 50.2 Å². The number of alkyl halides is 2. The Morgan fingerprint density at radius 2 is 1.09 bits per heavy atom. The van der Waals surface area contributed by atoms with Crippen LogP contribution in [-0.2, 0) is 23.7 Å². The van der Waals surface area contributed by atoms with Crippen LogP contribution in [0, 0.1) is 11.8 Å². The Morgan fingerprint density at radius 1 is 0.652 bits per heavy atom. The molecule has 0 aliphatic carbocycles.